The molecule has 4 atom stereocenters. The molecule has 0 bridgehead atoms. The van der Waals surface area contributed by atoms with E-state index in [0.717, 1.165) is 27.3 Å². The SMILES string of the molecule is Cc1ccc(S(=O)(=O)OCCOCCOCCOCC(NC(=O)[C@@H]2C[C@@H](O)CN2C(=O)C(c2cc(C)no2)C(C)C)c2ccc(-c3scnc3C)cc2)cc1. The molecular weight excluding hydrogens is 749 g/mol. The van der Waals surface area contributed by atoms with E-state index in [1.165, 1.54) is 17.0 Å². The van der Waals surface area contributed by atoms with Gasteiger partial charge in [0.05, 0.1) is 85.1 Å². The van der Waals surface area contributed by atoms with E-state index < -0.39 is 40.1 Å². The summed E-state index contributed by atoms with van der Waals surface area (Å²) in [5.74, 6) is -1.09. The molecule has 0 spiro atoms. The van der Waals surface area contributed by atoms with E-state index in [2.05, 4.69) is 15.5 Å². The lowest BCUT2D eigenvalue weighted by molar-refractivity contribution is -0.141. The van der Waals surface area contributed by atoms with Crippen molar-refractivity contribution < 1.29 is 46.0 Å². The molecule has 0 aliphatic carbocycles. The number of benzene rings is 2. The molecule has 2 N–H and O–H groups in total. The summed E-state index contributed by atoms with van der Waals surface area (Å²) in [5.41, 5.74) is 6.13. The largest absolute Gasteiger partial charge is 0.391 e. The van der Waals surface area contributed by atoms with Crippen molar-refractivity contribution in [1.29, 1.82) is 0 Å². The van der Waals surface area contributed by atoms with Gasteiger partial charge >= 0.3 is 0 Å². The van der Waals surface area contributed by atoms with Crippen LogP contribution in [0.2, 0.25) is 0 Å². The Kier molecular flexibility index (Phi) is 15.1. The Balaban J connectivity index is 1.14. The number of aromatic nitrogens is 2. The normalized spacial score (nSPS) is 17.1. The predicted molar refractivity (Wildman–Crippen MR) is 205 cm³/mol. The highest BCUT2D eigenvalue weighted by Crippen LogP contribution is 2.32. The molecule has 14 nitrogen and oxygen atoms in total. The van der Waals surface area contributed by atoms with E-state index in [4.69, 9.17) is 22.9 Å². The highest BCUT2D eigenvalue weighted by molar-refractivity contribution is 7.86. The van der Waals surface area contributed by atoms with Crippen LogP contribution < -0.4 is 5.32 Å². The van der Waals surface area contributed by atoms with Crippen LogP contribution in [0.5, 0.6) is 0 Å². The van der Waals surface area contributed by atoms with Gasteiger partial charge in [0.2, 0.25) is 11.8 Å². The van der Waals surface area contributed by atoms with Gasteiger partial charge in [0, 0.05) is 19.0 Å². The fourth-order valence-electron chi connectivity index (χ4n) is 6.30. The third kappa shape index (κ3) is 11.5. The van der Waals surface area contributed by atoms with E-state index in [1.54, 1.807) is 42.0 Å². The number of rotatable bonds is 20. The number of likely N-dealkylation sites (tertiary alicyclic amines) is 1. The maximum Gasteiger partial charge on any atom is 0.297 e. The molecule has 298 valence electrons. The second-order valence-corrected chi connectivity index (χ2v) is 16.3. The zero-order chi connectivity index (χ0) is 39.5. The van der Waals surface area contributed by atoms with Crippen LogP contribution in [0.1, 0.15) is 60.5 Å². The fourth-order valence-corrected chi connectivity index (χ4v) is 8.01. The van der Waals surface area contributed by atoms with E-state index >= 15 is 0 Å². The van der Waals surface area contributed by atoms with Gasteiger partial charge in [-0.25, -0.2) is 4.98 Å². The molecule has 4 aromatic rings. The summed E-state index contributed by atoms with van der Waals surface area (Å²) in [4.78, 5) is 34.8. The van der Waals surface area contributed by atoms with Crippen LogP contribution in [0.25, 0.3) is 10.4 Å². The maximum absolute atomic E-state index is 13.9. The van der Waals surface area contributed by atoms with Gasteiger partial charge < -0.3 is 34.1 Å². The molecule has 3 heterocycles. The lowest BCUT2D eigenvalue weighted by Gasteiger charge is -2.30. The van der Waals surface area contributed by atoms with Crippen molar-refractivity contribution in [3.63, 3.8) is 0 Å². The molecule has 1 fully saturated rings. The van der Waals surface area contributed by atoms with Gasteiger partial charge in [-0.1, -0.05) is 61.0 Å². The lowest BCUT2D eigenvalue weighted by Crippen LogP contribution is -2.49. The van der Waals surface area contributed by atoms with E-state index in [-0.39, 0.29) is 75.9 Å². The number of hydrogen-bond acceptors (Lipinski definition) is 13. The molecule has 2 amide bonds. The fraction of sp³-hybridized carbons (Fsp3) is 0.487. The minimum absolute atomic E-state index is 0.0257. The number of amides is 2. The zero-order valence-corrected chi connectivity index (χ0v) is 33.4. The number of carbonyl (C=O) groups is 2. The van der Waals surface area contributed by atoms with Crippen molar-refractivity contribution in [2.75, 3.05) is 52.8 Å². The molecule has 0 saturated carbocycles. The number of ether oxygens (including phenoxy) is 3. The number of nitrogens with zero attached hydrogens (tertiary/aromatic N) is 3. The van der Waals surface area contributed by atoms with Gasteiger partial charge in [-0.15, -0.1) is 11.3 Å². The van der Waals surface area contributed by atoms with E-state index in [9.17, 15) is 23.1 Å². The van der Waals surface area contributed by atoms with Crippen molar-refractivity contribution >= 4 is 33.3 Å². The number of hydrogen-bond donors (Lipinski definition) is 2. The Labute approximate surface area is 326 Å². The first-order valence-corrected chi connectivity index (χ1v) is 20.5. The van der Waals surface area contributed by atoms with Gasteiger partial charge in [0.25, 0.3) is 10.1 Å². The standard InChI is InChI=1S/C39H50N4O10S2/c1-25(2)36(35-20-27(4)42-53-35)39(46)43-22-31(44)21-34(43)38(45)41-33(29-8-10-30(11-9-29)37-28(5)40-24-54-37)23-51-17-16-49-14-15-50-18-19-52-55(47,48)32-12-6-26(3)7-13-32/h6-13,20,24-25,31,33-34,36,44H,14-19,21-23H2,1-5H3,(H,41,45)/t31-,33?,34+,36?/m1/s1. The first-order chi connectivity index (χ1) is 26.3. The van der Waals surface area contributed by atoms with Gasteiger partial charge in [-0.2, -0.15) is 8.42 Å². The minimum Gasteiger partial charge on any atom is -0.391 e. The number of aliphatic hydroxyl groups excluding tert-OH is 1. The van der Waals surface area contributed by atoms with E-state index in [0.29, 0.717) is 11.5 Å². The number of β-amino-alcohol motifs (C(OH)–C–C–N with tert-alkyl or cyclic N) is 1. The highest BCUT2D eigenvalue weighted by Gasteiger charge is 2.43. The topological polar surface area (TPSA) is 180 Å². The maximum atomic E-state index is 13.9. The molecule has 16 heteroatoms. The summed E-state index contributed by atoms with van der Waals surface area (Å²) in [7, 11) is -3.85. The number of aryl methyl sites for hydroxylation is 3. The van der Waals surface area contributed by atoms with Gasteiger partial charge in [0.15, 0.2) is 0 Å². The van der Waals surface area contributed by atoms with Gasteiger partial charge in [0.1, 0.15) is 17.7 Å². The van der Waals surface area contributed by atoms with E-state index in [1.807, 2.05) is 52.0 Å². The Hall–Kier alpha value is -4.03. The molecule has 55 heavy (non-hydrogen) atoms. The highest BCUT2D eigenvalue weighted by atomic mass is 32.2. The average molecular weight is 799 g/mol. The van der Waals surface area contributed by atoms with Crippen LogP contribution in [-0.4, -0.2) is 105 Å². The van der Waals surface area contributed by atoms with Crippen LogP contribution in [-0.2, 0) is 38.1 Å². The van der Waals surface area contributed by atoms with Crippen molar-refractivity contribution in [3.05, 3.63) is 88.4 Å². The molecule has 1 aliphatic heterocycles. The Bertz CT molecular complexity index is 1950. The van der Waals surface area contributed by atoms with Crippen LogP contribution in [0.3, 0.4) is 0 Å². The average Bonchev–Trinajstić information content (AvgIpc) is 3.89. The molecule has 5 rings (SSSR count). The molecule has 2 unspecified atom stereocenters. The molecular formula is C39H50N4O10S2. The number of aliphatic hydroxyl groups is 1. The van der Waals surface area contributed by atoms with Gasteiger partial charge in [-0.3, -0.25) is 13.8 Å². The Morgan fingerprint density at radius 2 is 1.62 bits per heavy atom. The molecule has 1 aliphatic rings. The summed E-state index contributed by atoms with van der Waals surface area (Å²) in [6, 6.07) is 14.5. The van der Waals surface area contributed by atoms with Crippen LogP contribution in [0, 0.1) is 26.7 Å². The first kappa shape index (κ1) is 42.1. The lowest BCUT2D eigenvalue weighted by atomic mass is 9.91. The Morgan fingerprint density at radius 1 is 0.964 bits per heavy atom. The summed E-state index contributed by atoms with van der Waals surface area (Å²) >= 11 is 1.55. The summed E-state index contributed by atoms with van der Waals surface area (Å²) in [6.07, 6.45) is -0.763. The van der Waals surface area contributed by atoms with Crippen molar-refractivity contribution in [1.82, 2.24) is 20.4 Å². The minimum atomic E-state index is -3.85. The molecule has 0 radical (unpaired) electrons. The third-order valence-electron chi connectivity index (χ3n) is 9.19. The summed E-state index contributed by atoms with van der Waals surface area (Å²) in [5, 5.41) is 17.7. The smallest absolute Gasteiger partial charge is 0.297 e. The molecule has 1 saturated heterocycles. The Morgan fingerprint density at radius 3 is 2.22 bits per heavy atom. The van der Waals surface area contributed by atoms with Crippen molar-refractivity contribution in [3.8, 4) is 10.4 Å². The number of thiazole rings is 1. The van der Waals surface area contributed by atoms with Crippen LogP contribution in [0.4, 0.5) is 0 Å². The summed E-state index contributed by atoms with van der Waals surface area (Å²) in [6.45, 7) is 10.5. The predicted octanol–water partition coefficient (Wildman–Crippen LogP) is 4.74. The first-order valence-electron chi connectivity index (χ1n) is 18.3. The molecule has 2 aromatic carbocycles. The zero-order valence-electron chi connectivity index (χ0n) is 31.8. The second kappa shape index (κ2) is 19.7. The monoisotopic (exact) mass is 798 g/mol. The summed E-state index contributed by atoms with van der Waals surface area (Å²) < 4.78 is 52.1. The quantitative estimate of drug-likeness (QED) is 0.0929. The second-order valence-electron chi connectivity index (χ2n) is 13.8. The van der Waals surface area contributed by atoms with Crippen molar-refractivity contribution in [2.24, 2.45) is 5.92 Å². The van der Waals surface area contributed by atoms with Crippen molar-refractivity contribution in [2.45, 2.75) is 70.0 Å². The number of carbonyl (C=O) groups excluding carboxylic acids is 2. The van der Waals surface area contributed by atoms with Crippen LogP contribution in [0.15, 0.2) is 69.5 Å². The van der Waals surface area contributed by atoms with Gasteiger partial charge in [-0.05, 0) is 49.9 Å². The molecule has 2 aromatic heterocycles. The van der Waals surface area contributed by atoms with Crippen LogP contribution >= 0.6 is 11.3 Å². The number of nitrogens with one attached hydrogen (secondary N) is 1. The third-order valence-corrected chi connectivity index (χ3v) is 11.5.